The van der Waals surface area contributed by atoms with Crippen LogP contribution in [0.4, 0.5) is 5.82 Å². The van der Waals surface area contributed by atoms with Crippen molar-refractivity contribution < 1.29 is 9.84 Å². The van der Waals surface area contributed by atoms with Gasteiger partial charge in [-0.2, -0.15) is 0 Å². The van der Waals surface area contributed by atoms with Crippen LogP contribution in [0, 0.1) is 11.8 Å². The van der Waals surface area contributed by atoms with Crippen LogP contribution in [0.5, 0.6) is 0 Å². The average molecular weight is 221 g/mol. The molecule has 1 N–H and O–H groups in total. The number of rotatable bonds is 2. The first-order chi connectivity index (χ1) is 7.86. The van der Waals surface area contributed by atoms with E-state index in [0.29, 0.717) is 17.5 Å². The number of hydrogen-bond acceptors (Lipinski definition) is 5. The summed E-state index contributed by atoms with van der Waals surface area (Å²) in [4.78, 5) is 10.5. The lowest BCUT2D eigenvalue weighted by atomic mass is 10.0. The summed E-state index contributed by atoms with van der Waals surface area (Å²) in [5.41, 5.74) is 0.679. The summed E-state index contributed by atoms with van der Waals surface area (Å²) in [5, 5.41) is 9.04. The minimum atomic E-state index is -0.0284. The number of hydrogen-bond donors (Lipinski definition) is 1. The quantitative estimate of drug-likeness (QED) is 0.764. The molecule has 2 aliphatic heterocycles. The van der Waals surface area contributed by atoms with Crippen molar-refractivity contribution in [1.29, 1.82) is 0 Å². The van der Waals surface area contributed by atoms with Crippen LogP contribution < -0.4 is 4.90 Å². The summed E-state index contributed by atoms with van der Waals surface area (Å²) < 4.78 is 5.44. The topological polar surface area (TPSA) is 58.5 Å². The summed E-state index contributed by atoms with van der Waals surface area (Å²) in [5.74, 6) is 2.22. The zero-order valence-corrected chi connectivity index (χ0v) is 9.04. The number of anilines is 1. The molecule has 0 spiro atoms. The largest absolute Gasteiger partial charge is 0.390 e. The first-order valence-corrected chi connectivity index (χ1v) is 5.61. The van der Waals surface area contributed by atoms with Crippen LogP contribution in [0.1, 0.15) is 5.69 Å². The van der Waals surface area contributed by atoms with E-state index in [9.17, 15) is 0 Å². The van der Waals surface area contributed by atoms with Crippen molar-refractivity contribution in [2.24, 2.45) is 11.8 Å². The first-order valence-electron chi connectivity index (χ1n) is 5.61. The van der Waals surface area contributed by atoms with E-state index in [4.69, 9.17) is 9.84 Å². The Morgan fingerprint density at radius 1 is 1.31 bits per heavy atom. The summed E-state index contributed by atoms with van der Waals surface area (Å²) in [6.45, 7) is 3.73. The van der Waals surface area contributed by atoms with Gasteiger partial charge in [0.1, 0.15) is 12.1 Å². The molecule has 0 amide bonds. The lowest BCUT2D eigenvalue weighted by Gasteiger charge is -2.18. The van der Waals surface area contributed by atoms with Crippen molar-refractivity contribution >= 4 is 5.82 Å². The second-order valence-electron chi connectivity index (χ2n) is 4.49. The van der Waals surface area contributed by atoms with Gasteiger partial charge in [-0.3, -0.25) is 0 Å². The molecule has 2 aliphatic rings. The van der Waals surface area contributed by atoms with Gasteiger partial charge in [0, 0.05) is 31.0 Å². The number of aliphatic hydroxyl groups excluding tert-OH is 1. The van der Waals surface area contributed by atoms with Crippen molar-refractivity contribution in [2.75, 3.05) is 31.2 Å². The Kier molecular flexibility index (Phi) is 2.49. The van der Waals surface area contributed by atoms with E-state index in [1.807, 2.05) is 6.07 Å². The fourth-order valence-electron chi connectivity index (χ4n) is 2.52. The molecule has 0 radical (unpaired) electrons. The predicted molar refractivity (Wildman–Crippen MR) is 58.0 cm³/mol. The lowest BCUT2D eigenvalue weighted by Crippen LogP contribution is -2.23. The summed E-state index contributed by atoms with van der Waals surface area (Å²) in [6.07, 6.45) is 1.52. The molecule has 3 heterocycles. The van der Waals surface area contributed by atoms with Gasteiger partial charge in [0.25, 0.3) is 0 Å². The Hall–Kier alpha value is -1.20. The van der Waals surface area contributed by atoms with Crippen LogP contribution in [-0.2, 0) is 11.3 Å². The molecule has 0 aliphatic carbocycles. The standard InChI is InChI=1S/C11H15N3O2/c15-4-10-1-11(13-7-12-10)14-2-8-5-16-6-9(8)3-14/h1,7-9,15H,2-6H2. The highest BCUT2D eigenvalue weighted by atomic mass is 16.5. The van der Waals surface area contributed by atoms with Crippen molar-refractivity contribution in [3.8, 4) is 0 Å². The Morgan fingerprint density at radius 3 is 2.75 bits per heavy atom. The molecule has 5 heteroatoms. The SMILES string of the molecule is OCc1cc(N2CC3COCC3C2)ncn1. The van der Waals surface area contributed by atoms with Gasteiger partial charge in [0.15, 0.2) is 0 Å². The lowest BCUT2D eigenvalue weighted by molar-refractivity contribution is 0.177. The molecule has 2 saturated heterocycles. The maximum atomic E-state index is 9.04. The number of aliphatic hydroxyl groups is 1. The van der Waals surface area contributed by atoms with Crippen LogP contribution >= 0.6 is 0 Å². The fraction of sp³-hybridized carbons (Fsp3) is 0.636. The Labute approximate surface area is 94.1 Å². The Bertz CT molecular complexity index is 373. The molecule has 86 valence electrons. The molecule has 5 nitrogen and oxygen atoms in total. The van der Waals surface area contributed by atoms with Crippen LogP contribution in [0.3, 0.4) is 0 Å². The fourth-order valence-corrected chi connectivity index (χ4v) is 2.52. The molecular weight excluding hydrogens is 206 g/mol. The predicted octanol–water partition coefficient (Wildman–Crippen LogP) is 0.0515. The minimum Gasteiger partial charge on any atom is -0.390 e. The maximum absolute atomic E-state index is 9.04. The zero-order chi connectivity index (χ0) is 11.0. The van der Waals surface area contributed by atoms with E-state index in [-0.39, 0.29) is 6.61 Å². The van der Waals surface area contributed by atoms with E-state index in [2.05, 4.69) is 14.9 Å². The average Bonchev–Trinajstić information content (AvgIpc) is 2.89. The van der Waals surface area contributed by atoms with Gasteiger partial charge in [0.05, 0.1) is 25.5 Å². The molecule has 16 heavy (non-hydrogen) atoms. The van der Waals surface area contributed by atoms with E-state index < -0.39 is 0 Å². The van der Waals surface area contributed by atoms with Crippen LogP contribution in [-0.4, -0.2) is 41.4 Å². The van der Waals surface area contributed by atoms with Crippen molar-refractivity contribution in [3.05, 3.63) is 18.1 Å². The van der Waals surface area contributed by atoms with Gasteiger partial charge >= 0.3 is 0 Å². The molecule has 1 aromatic heterocycles. The molecule has 2 unspecified atom stereocenters. The molecule has 1 aromatic rings. The Morgan fingerprint density at radius 2 is 2.06 bits per heavy atom. The van der Waals surface area contributed by atoms with E-state index in [1.54, 1.807) is 0 Å². The molecular formula is C11H15N3O2. The highest BCUT2D eigenvalue weighted by Gasteiger charge is 2.37. The number of ether oxygens (including phenoxy) is 1. The van der Waals surface area contributed by atoms with Crippen LogP contribution in [0.25, 0.3) is 0 Å². The van der Waals surface area contributed by atoms with Gasteiger partial charge < -0.3 is 14.7 Å². The first kappa shape index (κ1) is 9.99. The van der Waals surface area contributed by atoms with Gasteiger partial charge in [0.2, 0.25) is 0 Å². The van der Waals surface area contributed by atoms with Crippen molar-refractivity contribution in [1.82, 2.24) is 9.97 Å². The van der Waals surface area contributed by atoms with Gasteiger partial charge in [-0.1, -0.05) is 0 Å². The van der Waals surface area contributed by atoms with Crippen LogP contribution in [0.2, 0.25) is 0 Å². The smallest absolute Gasteiger partial charge is 0.132 e. The second-order valence-corrected chi connectivity index (χ2v) is 4.49. The van der Waals surface area contributed by atoms with E-state index in [1.165, 1.54) is 6.33 Å². The van der Waals surface area contributed by atoms with Crippen LogP contribution in [0.15, 0.2) is 12.4 Å². The molecule has 0 saturated carbocycles. The van der Waals surface area contributed by atoms with Crippen molar-refractivity contribution in [2.45, 2.75) is 6.61 Å². The molecule has 2 atom stereocenters. The third-order valence-corrected chi connectivity index (χ3v) is 3.44. The van der Waals surface area contributed by atoms with E-state index in [0.717, 1.165) is 32.1 Å². The second kappa shape index (κ2) is 3.99. The van der Waals surface area contributed by atoms with Gasteiger partial charge in [-0.25, -0.2) is 9.97 Å². The summed E-state index contributed by atoms with van der Waals surface area (Å²) in [7, 11) is 0. The molecule has 2 fully saturated rings. The highest BCUT2D eigenvalue weighted by Crippen LogP contribution is 2.31. The summed E-state index contributed by atoms with van der Waals surface area (Å²) >= 11 is 0. The molecule has 0 bridgehead atoms. The Balaban J connectivity index is 1.78. The molecule has 3 rings (SSSR count). The van der Waals surface area contributed by atoms with Crippen molar-refractivity contribution in [3.63, 3.8) is 0 Å². The summed E-state index contributed by atoms with van der Waals surface area (Å²) in [6, 6.07) is 1.86. The monoisotopic (exact) mass is 221 g/mol. The van der Waals surface area contributed by atoms with E-state index >= 15 is 0 Å². The third kappa shape index (κ3) is 1.66. The number of nitrogens with zero attached hydrogens (tertiary/aromatic N) is 3. The van der Waals surface area contributed by atoms with Gasteiger partial charge in [-0.05, 0) is 0 Å². The minimum absolute atomic E-state index is 0.0284. The highest BCUT2D eigenvalue weighted by molar-refractivity contribution is 5.40. The zero-order valence-electron chi connectivity index (χ0n) is 9.04. The number of fused-ring (bicyclic) bond motifs is 1. The normalized spacial score (nSPS) is 28.4. The van der Waals surface area contributed by atoms with Gasteiger partial charge in [-0.15, -0.1) is 0 Å². The third-order valence-electron chi connectivity index (χ3n) is 3.44. The number of aromatic nitrogens is 2. The maximum Gasteiger partial charge on any atom is 0.132 e. The molecule has 0 aromatic carbocycles.